The van der Waals surface area contributed by atoms with Crippen molar-refractivity contribution in [2.24, 2.45) is 5.92 Å². The van der Waals surface area contributed by atoms with Crippen molar-refractivity contribution in [3.05, 3.63) is 0 Å². The smallest absolute Gasteiger partial charge is 0.304 e. The minimum Gasteiger partial charge on any atom is -0.377 e. The van der Waals surface area contributed by atoms with E-state index in [1.54, 1.807) is 0 Å². The molecule has 11 heavy (non-hydrogen) atoms. The van der Waals surface area contributed by atoms with Crippen molar-refractivity contribution in [2.75, 3.05) is 12.4 Å². The molecule has 3 nitrogen and oxygen atoms in total. The molecule has 0 radical (unpaired) electrons. The van der Waals surface area contributed by atoms with Gasteiger partial charge >= 0.3 is 10.2 Å². The number of halogens is 1. The van der Waals surface area contributed by atoms with Crippen LogP contribution in [0.25, 0.3) is 0 Å². The average Bonchev–Trinajstić information content (AvgIpc) is 2.10. The van der Waals surface area contributed by atoms with E-state index in [9.17, 15) is 12.3 Å². The normalized spacial score (nSPS) is 32.5. The second-order valence-electron chi connectivity index (χ2n) is 3.00. The van der Waals surface area contributed by atoms with Crippen molar-refractivity contribution >= 4 is 10.2 Å². The average molecular weight is 182 g/mol. The summed E-state index contributed by atoms with van der Waals surface area (Å²) < 4.78 is 37.4. The molecule has 1 heterocycles. The van der Waals surface area contributed by atoms with Gasteiger partial charge in [0.05, 0.1) is 6.10 Å². The molecular formula is C6H11FO3S. The van der Waals surface area contributed by atoms with Gasteiger partial charge in [-0.3, -0.25) is 0 Å². The van der Waals surface area contributed by atoms with Crippen LogP contribution in [0.15, 0.2) is 0 Å². The summed E-state index contributed by atoms with van der Waals surface area (Å²) in [5.41, 5.74) is 0. The molecule has 2 unspecified atom stereocenters. The Hall–Kier alpha value is -0.160. The van der Waals surface area contributed by atoms with Crippen molar-refractivity contribution < 1.29 is 17.0 Å². The van der Waals surface area contributed by atoms with E-state index in [1.165, 1.54) is 0 Å². The Morgan fingerprint density at radius 1 is 1.64 bits per heavy atom. The fourth-order valence-electron chi connectivity index (χ4n) is 1.22. The Morgan fingerprint density at radius 2 is 2.27 bits per heavy atom. The zero-order valence-electron chi connectivity index (χ0n) is 6.29. The third-order valence-electron chi connectivity index (χ3n) is 1.67. The molecule has 5 heteroatoms. The van der Waals surface area contributed by atoms with E-state index < -0.39 is 22.1 Å². The molecule has 1 fully saturated rings. The van der Waals surface area contributed by atoms with Gasteiger partial charge in [0.2, 0.25) is 0 Å². The highest BCUT2D eigenvalue weighted by Gasteiger charge is 2.26. The van der Waals surface area contributed by atoms with Crippen LogP contribution in [0, 0.1) is 5.92 Å². The Morgan fingerprint density at radius 3 is 2.64 bits per heavy atom. The van der Waals surface area contributed by atoms with Crippen LogP contribution in [0.5, 0.6) is 0 Å². The van der Waals surface area contributed by atoms with E-state index >= 15 is 0 Å². The van der Waals surface area contributed by atoms with Crippen LogP contribution in [-0.2, 0) is 15.0 Å². The van der Waals surface area contributed by atoms with Gasteiger partial charge in [-0.25, -0.2) is 0 Å². The highest BCUT2D eigenvalue weighted by atomic mass is 32.3. The number of ether oxygens (including phenoxy) is 1. The first-order valence-electron chi connectivity index (χ1n) is 3.51. The molecule has 0 aromatic rings. The highest BCUT2D eigenvalue weighted by molar-refractivity contribution is 7.86. The minimum atomic E-state index is -4.36. The number of rotatable bonds is 2. The zero-order valence-corrected chi connectivity index (χ0v) is 7.10. The highest BCUT2D eigenvalue weighted by Crippen LogP contribution is 2.20. The van der Waals surface area contributed by atoms with Crippen LogP contribution in [0.3, 0.4) is 0 Å². The van der Waals surface area contributed by atoms with Gasteiger partial charge in [0.1, 0.15) is 5.75 Å². The first-order chi connectivity index (χ1) is 4.97. The van der Waals surface area contributed by atoms with Crippen LogP contribution >= 0.6 is 0 Å². The molecule has 1 saturated heterocycles. The van der Waals surface area contributed by atoms with Crippen molar-refractivity contribution in [3.63, 3.8) is 0 Å². The molecule has 1 aliphatic heterocycles. The van der Waals surface area contributed by atoms with Crippen LogP contribution in [0.2, 0.25) is 0 Å². The van der Waals surface area contributed by atoms with E-state index in [4.69, 9.17) is 4.74 Å². The molecule has 0 saturated carbocycles. The SMILES string of the molecule is CC1COC(CS(=O)(=O)F)C1. The molecule has 0 N–H and O–H groups in total. The lowest BCUT2D eigenvalue weighted by molar-refractivity contribution is 0.122. The quantitative estimate of drug-likeness (QED) is 0.591. The maximum absolute atomic E-state index is 12.1. The maximum Gasteiger partial charge on any atom is 0.304 e. The van der Waals surface area contributed by atoms with Gasteiger partial charge in [0, 0.05) is 6.61 Å². The van der Waals surface area contributed by atoms with E-state index in [-0.39, 0.29) is 0 Å². The van der Waals surface area contributed by atoms with Crippen LogP contribution in [0.4, 0.5) is 3.89 Å². The molecule has 66 valence electrons. The topological polar surface area (TPSA) is 43.4 Å². The summed E-state index contributed by atoms with van der Waals surface area (Å²) in [5.74, 6) is -0.140. The van der Waals surface area contributed by atoms with Crippen molar-refractivity contribution in [1.29, 1.82) is 0 Å². The molecule has 0 aromatic carbocycles. The summed E-state index contributed by atoms with van der Waals surface area (Å²) in [6, 6.07) is 0. The first-order valence-corrected chi connectivity index (χ1v) is 5.06. The molecule has 0 bridgehead atoms. The van der Waals surface area contributed by atoms with Crippen LogP contribution in [-0.4, -0.2) is 26.9 Å². The van der Waals surface area contributed by atoms with E-state index in [0.29, 0.717) is 18.9 Å². The summed E-state index contributed by atoms with van der Waals surface area (Å²) in [4.78, 5) is 0. The second kappa shape index (κ2) is 3.06. The monoisotopic (exact) mass is 182 g/mol. The summed E-state index contributed by atoms with van der Waals surface area (Å²) >= 11 is 0. The lowest BCUT2D eigenvalue weighted by Crippen LogP contribution is -2.16. The van der Waals surface area contributed by atoms with Gasteiger partial charge in [-0.15, -0.1) is 3.89 Å². The number of hydrogen-bond donors (Lipinski definition) is 0. The third kappa shape index (κ3) is 3.16. The number of hydrogen-bond acceptors (Lipinski definition) is 3. The van der Waals surface area contributed by atoms with Crippen molar-refractivity contribution in [2.45, 2.75) is 19.4 Å². The third-order valence-corrected chi connectivity index (χ3v) is 2.44. The standard InChI is InChI=1S/C6H11FO3S/c1-5-2-6(10-3-5)4-11(7,8)9/h5-6H,2-4H2,1H3. The predicted octanol–water partition coefficient (Wildman–Crippen LogP) is 0.711. The van der Waals surface area contributed by atoms with Gasteiger partial charge < -0.3 is 4.74 Å². The van der Waals surface area contributed by atoms with E-state index in [0.717, 1.165) is 0 Å². The Kier molecular flexibility index (Phi) is 2.49. The first kappa shape index (κ1) is 8.93. The Bertz CT molecular complexity index is 224. The van der Waals surface area contributed by atoms with Gasteiger partial charge in [-0.1, -0.05) is 6.92 Å². The van der Waals surface area contributed by atoms with Gasteiger partial charge in [0.25, 0.3) is 0 Å². The Balaban J connectivity index is 2.41. The fraction of sp³-hybridized carbons (Fsp3) is 1.00. The summed E-state index contributed by atoms with van der Waals surface area (Å²) in [6.45, 7) is 2.49. The van der Waals surface area contributed by atoms with Gasteiger partial charge in [-0.2, -0.15) is 8.42 Å². The Labute approximate surface area is 65.8 Å². The lowest BCUT2D eigenvalue weighted by Gasteiger charge is -2.03. The largest absolute Gasteiger partial charge is 0.377 e. The molecule has 0 aromatic heterocycles. The van der Waals surface area contributed by atoms with Crippen molar-refractivity contribution in [1.82, 2.24) is 0 Å². The van der Waals surface area contributed by atoms with Gasteiger partial charge in [-0.05, 0) is 12.3 Å². The summed E-state index contributed by atoms with van der Waals surface area (Å²) in [6.07, 6.45) is 0.211. The minimum absolute atomic E-state index is 0.349. The molecule has 0 spiro atoms. The summed E-state index contributed by atoms with van der Waals surface area (Å²) in [7, 11) is -4.36. The van der Waals surface area contributed by atoms with Crippen molar-refractivity contribution in [3.8, 4) is 0 Å². The van der Waals surface area contributed by atoms with Crippen LogP contribution in [0.1, 0.15) is 13.3 Å². The van der Waals surface area contributed by atoms with Gasteiger partial charge in [0.15, 0.2) is 0 Å². The van der Waals surface area contributed by atoms with Crippen LogP contribution < -0.4 is 0 Å². The van der Waals surface area contributed by atoms with E-state index in [1.807, 2.05) is 6.92 Å². The molecule has 1 rings (SSSR count). The summed E-state index contributed by atoms with van der Waals surface area (Å²) in [5, 5.41) is 0. The lowest BCUT2D eigenvalue weighted by atomic mass is 10.1. The molecule has 0 amide bonds. The molecular weight excluding hydrogens is 171 g/mol. The zero-order chi connectivity index (χ0) is 8.48. The maximum atomic E-state index is 12.1. The fourth-order valence-corrected chi connectivity index (χ4v) is 1.90. The molecule has 0 aliphatic carbocycles. The van der Waals surface area contributed by atoms with E-state index in [2.05, 4.69) is 0 Å². The molecule has 2 atom stereocenters. The predicted molar refractivity (Wildman–Crippen MR) is 38.4 cm³/mol. The second-order valence-corrected chi connectivity index (χ2v) is 4.41. The molecule has 1 aliphatic rings.